The average Bonchev–Trinajstić information content (AvgIpc) is 3.65. The van der Waals surface area contributed by atoms with Crippen molar-refractivity contribution in [3.05, 3.63) is 169 Å². The van der Waals surface area contributed by atoms with Gasteiger partial charge in [-0.25, -0.2) is 0 Å². The van der Waals surface area contributed by atoms with Crippen LogP contribution < -0.4 is 0 Å². The van der Waals surface area contributed by atoms with Crippen LogP contribution in [0.25, 0.3) is 77.2 Å². The molecule has 0 aliphatic rings. The van der Waals surface area contributed by atoms with E-state index in [-0.39, 0.29) is 0 Å². The zero-order valence-corrected chi connectivity index (χ0v) is 25.8. The van der Waals surface area contributed by atoms with Crippen LogP contribution in [0.5, 0.6) is 0 Å². The van der Waals surface area contributed by atoms with E-state index in [9.17, 15) is 10.5 Å². The monoisotopic (exact) mass is 610 g/mol. The fourth-order valence-corrected chi connectivity index (χ4v) is 7.23. The van der Waals surface area contributed by atoms with Crippen molar-refractivity contribution in [3.8, 4) is 45.8 Å². The van der Waals surface area contributed by atoms with Crippen LogP contribution >= 0.6 is 0 Å². The number of hydrogen-bond donors (Lipinski definition) is 0. The molecule has 9 rings (SSSR count). The van der Waals surface area contributed by atoms with Gasteiger partial charge in [-0.15, -0.1) is 0 Å². The van der Waals surface area contributed by atoms with Crippen LogP contribution in [0.2, 0.25) is 0 Å². The van der Waals surface area contributed by atoms with Crippen LogP contribution in [-0.4, -0.2) is 9.13 Å². The lowest BCUT2D eigenvalue weighted by Gasteiger charge is -2.13. The normalized spacial score (nSPS) is 11.3. The number of rotatable bonds is 4. The highest BCUT2D eigenvalue weighted by atomic mass is 15.0. The molecule has 0 amide bonds. The SMILES string of the molecule is N#Cc1cccc(C#N)c1-n1c2ccccc2c2cc3c4ccccc4n(-c4cccc(-c5ccc(-c6ccccc6)cc5)c4)c3cc21. The van der Waals surface area contributed by atoms with Gasteiger partial charge in [0.15, 0.2) is 0 Å². The zero-order chi connectivity index (χ0) is 32.2. The minimum absolute atomic E-state index is 0.461. The van der Waals surface area contributed by atoms with E-state index in [0.717, 1.165) is 55.0 Å². The third-order valence-electron chi connectivity index (χ3n) is 9.40. The number of para-hydroxylation sites is 3. The molecule has 222 valence electrons. The molecule has 0 spiro atoms. The number of nitrogens with zero attached hydrogens (tertiary/aromatic N) is 4. The van der Waals surface area contributed by atoms with Gasteiger partial charge in [-0.1, -0.05) is 109 Å². The van der Waals surface area contributed by atoms with Crippen LogP contribution in [0.3, 0.4) is 0 Å². The Morgan fingerprint density at radius 2 is 0.854 bits per heavy atom. The number of nitriles is 2. The first kappa shape index (κ1) is 27.4. The Balaban J connectivity index is 1.30. The molecule has 2 heterocycles. The average molecular weight is 611 g/mol. The Labute approximate surface area is 277 Å². The van der Waals surface area contributed by atoms with Gasteiger partial charge in [0.1, 0.15) is 12.1 Å². The molecule has 4 heteroatoms. The largest absolute Gasteiger partial charge is 0.309 e. The van der Waals surface area contributed by atoms with Crippen molar-refractivity contribution in [1.29, 1.82) is 10.5 Å². The Bertz CT molecular complexity index is 2750. The van der Waals surface area contributed by atoms with E-state index < -0.39 is 0 Å². The highest BCUT2D eigenvalue weighted by Gasteiger charge is 2.21. The second-order valence-corrected chi connectivity index (χ2v) is 12.0. The van der Waals surface area contributed by atoms with E-state index in [1.807, 2.05) is 18.2 Å². The van der Waals surface area contributed by atoms with Crippen LogP contribution in [0.4, 0.5) is 0 Å². The minimum atomic E-state index is 0.461. The summed E-state index contributed by atoms with van der Waals surface area (Å²) in [7, 11) is 0. The van der Waals surface area contributed by atoms with Gasteiger partial charge in [-0.2, -0.15) is 10.5 Å². The maximum absolute atomic E-state index is 10.2. The molecule has 0 saturated carbocycles. The molecule has 0 bridgehead atoms. The molecule has 0 aliphatic carbocycles. The van der Waals surface area contributed by atoms with Crippen molar-refractivity contribution in [2.45, 2.75) is 0 Å². The Kier molecular flexibility index (Phi) is 6.22. The quantitative estimate of drug-likeness (QED) is 0.199. The van der Waals surface area contributed by atoms with E-state index in [1.165, 1.54) is 16.5 Å². The second-order valence-electron chi connectivity index (χ2n) is 12.0. The van der Waals surface area contributed by atoms with Crippen molar-refractivity contribution in [1.82, 2.24) is 9.13 Å². The van der Waals surface area contributed by atoms with Crippen molar-refractivity contribution >= 4 is 43.6 Å². The van der Waals surface area contributed by atoms with Gasteiger partial charge in [-0.3, -0.25) is 0 Å². The summed E-state index contributed by atoms with van der Waals surface area (Å²) in [5.41, 5.74) is 11.3. The molecule has 48 heavy (non-hydrogen) atoms. The Hall–Kier alpha value is -6.88. The minimum Gasteiger partial charge on any atom is -0.309 e. The third kappa shape index (κ3) is 4.14. The van der Waals surface area contributed by atoms with Gasteiger partial charge in [-0.05, 0) is 70.8 Å². The zero-order valence-electron chi connectivity index (χ0n) is 25.8. The molecule has 2 aromatic heterocycles. The highest BCUT2D eigenvalue weighted by Crippen LogP contribution is 2.41. The summed E-state index contributed by atoms with van der Waals surface area (Å²) in [6.45, 7) is 0. The van der Waals surface area contributed by atoms with Gasteiger partial charge in [0, 0.05) is 27.2 Å². The van der Waals surface area contributed by atoms with Gasteiger partial charge >= 0.3 is 0 Å². The third-order valence-corrected chi connectivity index (χ3v) is 9.40. The topological polar surface area (TPSA) is 57.4 Å². The van der Waals surface area contributed by atoms with Crippen molar-refractivity contribution in [2.24, 2.45) is 0 Å². The first-order valence-corrected chi connectivity index (χ1v) is 15.9. The molecular formula is C44H26N4. The molecule has 0 saturated heterocycles. The van der Waals surface area contributed by atoms with Crippen LogP contribution in [0, 0.1) is 22.7 Å². The van der Waals surface area contributed by atoms with Gasteiger partial charge in [0.05, 0.1) is 38.9 Å². The summed E-state index contributed by atoms with van der Waals surface area (Å²) in [5.74, 6) is 0. The number of aromatic nitrogens is 2. The first-order chi connectivity index (χ1) is 23.7. The predicted molar refractivity (Wildman–Crippen MR) is 195 cm³/mol. The maximum Gasteiger partial charge on any atom is 0.101 e. The molecule has 9 aromatic rings. The summed E-state index contributed by atoms with van der Waals surface area (Å²) in [6.07, 6.45) is 0. The lowest BCUT2D eigenvalue weighted by Crippen LogP contribution is -2.01. The number of hydrogen-bond acceptors (Lipinski definition) is 2. The molecule has 7 aromatic carbocycles. The summed E-state index contributed by atoms with van der Waals surface area (Å²) in [6, 6.07) is 59.1. The van der Waals surface area contributed by atoms with Crippen LogP contribution in [0.15, 0.2) is 158 Å². The van der Waals surface area contributed by atoms with E-state index >= 15 is 0 Å². The lowest BCUT2D eigenvalue weighted by molar-refractivity contribution is 1.15. The lowest BCUT2D eigenvalue weighted by atomic mass is 10.00. The van der Waals surface area contributed by atoms with Gasteiger partial charge in [0.25, 0.3) is 0 Å². The summed E-state index contributed by atoms with van der Waals surface area (Å²) < 4.78 is 4.42. The molecule has 0 radical (unpaired) electrons. The molecule has 0 unspecified atom stereocenters. The van der Waals surface area contributed by atoms with Crippen LogP contribution in [-0.2, 0) is 0 Å². The van der Waals surface area contributed by atoms with E-state index in [4.69, 9.17) is 0 Å². The van der Waals surface area contributed by atoms with Gasteiger partial charge < -0.3 is 9.13 Å². The van der Waals surface area contributed by atoms with Gasteiger partial charge in [0.2, 0.25) is 0 Å². The van der Waals surface area contributed by atoms with E-state index in [1.54, 1.807) is 18.2 Å². The van der Waals surface area contributed by atoms with Crippen LogP contribution in [0.1, 0.15) is 11.1 Å². The molecule has 0 fully saturated rings. The van der Waals surface area contributed by atoms with Crippen molar-refractivity contribution in [2.75, 3.05) is 0 Å². The Morgan fingerprint density at radius 1 is 0.354 bits per heavy atom. The number of benzene rings is 7. The maximum atomic E-state index is 10.2. The second kappa shape index (κ2) is 10.9. The standard InChI is InChI=1S/C44H26N4/c45-27-33-13-8-14-34(28-46)44(33)48-41-19-7-5-17-37(41)39-25-38-36-16-4-6-18-40(36)47(42(38)26-43(39)48)35-15-9-12-32(24-35)31-22-20-30(21-23-31)29-10-2-1-3-11-29/h1-26H. The summed E-state index contributed by atoms with van der Waals surface area (Å²) in [5, 5.41) is 24.8. The first-order valence-electron chi connectivity index (χ1n) is 15.9. The molecular weight excluding hydrogens is 585 g/mol. The van der Waals surface area contributed by atoms with Crippen molar-refractivity contribution < 1.29 is 0 Å². The summed E-state index contributed by atoms with van der Waals surface area (Å²) in [4.78, 5) is 0. The highest BCUT2D eigenvalue weighted by molar-refractivity contribution is 6.19. The summed E-state index contributed by atoms with van der Waals surface area (Å²) >= 11 is 0. The van der Waals surface area contributed by atoms with Crippen molar-refractivity contribution in [3.63, 3.8) is 0 Å². The van der Waals surface area contributed by atoms with E-state index in [2.05, 4.69) is 143 Å². The molecule has 0 aliphatic heterocycles. The fraction of sp³-hybridized carbons (Fsp3) is 0. The molecule has 0 atom stereocenters. The Morgan fingerprint density at radius 3 is 1.50 bits per heavy atom. The molecule has 4 nitrogen and oxygen atoms in total. The number of fused-ring (bicyclic) bond motifs is 6. The smallest absolute Gasteiger partial charge is 0.101 e. The fourth-order valence-electron chi connectivity index (χ4n) is 7.23. The predicted octanol–water partition coefficient (Wildman–Crippen LogP) is 11.0. The molecule has 0 N–H and O–H groups in total. The van der Waals surface area contributed by atoms with E-state index in [0.29, 0.717) is 16.8 Å².